The molecule has 2 heterocycles. The van der Waals surface area contributed by atoms with Gasteiger partial charge in [0.2, 0.25) is 5.65 Å². The second kappa shape index (κ2) is 1.55. The predicted molar refractivity (Wildman–Crippen MR) is 32.6 cm³/mol. The molecule has 0 aromatic carbocycles. The second-order valence-corrected chi connectivity index (χ2v) is 1.86. The lowest BCUT2D eigenvalue weighted by atomic mass is 10.4. The van der Waals surface area contributed by atoms with Crippen molar-refractivity contribution in [3.05, 3.63) is 24.5 Å². The summed E-state index contributed by atoms with van der Waals surface area (Å²) in [6, 6.07) is 3.95. The Balaban J connectivity index is 2.95. The van der Waals surface area contributed by atoms with E-state index in [1.54, 1.807) is 6.20 Å². The van der Waals surface area contributed by atoms with Crippen molar-refractivity contribution >= 4 is 11.0 Å². The first-order chi connectivity index (χ1) is 4.47. The molecule has 2 rings (SSSR count). The van der Waals surface area contributed by atoms with E-state index < -0.39 is 0 Å². The van der Waals surface area contributed by atoms with E-state index in [0.29, 0.717) is 0 Å². The summed E-state index contributed by atoms with van der Waals surface area (Å²) < 4.78 is 0. The van der Waals surface area contributed by atoms with Crippen molar-refractivity contribution in [2.24, 2.45) is 0 Å². The maximum atomic E-state index is 3.96. The van der Waals surface area contributed by atoms with E-state index in [0.717, 1.165) is 11.0 Å². The Kier molecular flexibility index (Phi) is 0.773. The second-order valence-electron chi connectivity index (χ2n) is 1.86. The van der Waals surface area contributed by atoms with Gasteiger partial charge in [-0.25, -0.2) is 0 Å². The first-order valence-electron chi connectivity index (χ1n) is 2.77. The molecule has 0 radical (unpaired) electrons. The van der Waals surface area contributed by atoms with Gasteiger partial charge in [0.15, 0.2) is 6.20 Å². The Labute approximate surface area is 51.7 Å². The minimum atomic E-state index is 0.900. The fourth-order valence-electron chi connectivity index (χ4n) is 0.833. The highest BCUT2D eigenvalue weighted by Crippen LogP contribution is 2.03. The molecule has 0 spiro atoms. The lowest BCUT2D eigenvalue weighted by molar-refractivity contribution is -0.451. The van der Waals surface area contributed by atoms with Crippen molar-refractivity contribution in [2.45, 2.75) is 0 Å². The lowest BCUT2D eigenvalue weighted by Crippen LogP contribution is -2.04. The molecule has 44 valence electrons. The van der Waals surface area contributed by atoms with Crippen LogP contribution in [0.5, 0.6) is 0 Å². The van der Waals surface area contributed by atoms with Crippen molar-refractivity contribution in [1.82, 2.24) is 10.1 Å². The molecule has 0 saturated heterocycles. The van der Waals surface area contributed by atoms with Crippen molar-refractivity contribution in [3.8, 4) is 0 Å². The van der Waals surface area contributed by atoms with Gasteiger partial charge in [-0.2, -0.15) is 0 Å². The average Bonchev–Trinajstić information content (AvgIpc) is 2.33. The Hall–Kier alpha value is -1.38. The average molecular weight is 120 g/mol. The zero-order chi connectivity index (χ0) is 6.10. The van der Waals surface area contributed by atoms with Gasteiger partial charge < -0.3 is 4.98 Å². The number of H-pyrrole nitrogens is 2. The number of hydrogen-bond acceptors (Lipinski definition) is 1. The summed E-state index contributed by atoms with van der Waals surface area (Å²) in [6.45, 7) is 0. The number of nitrogens with one attached hydrogen (secondary N) is 2. The van der Waals surface area contributed by atoms with Crippen LogP contribution >= 0.6 is 0 Å². The van der Waals surface area contributed by atoms with Crippen LogP contribution in [0.3, 0.4) is 0 Å². The van der Waals surface area contributed by atoms with Gasteiger partial charge >= 0.3 is 0 Å². The van der Waals surface area contributed by atoms with Gasteiger partial charge in [-0.05, 0) is 6.07 Å². The molecule has 0 aliphatic carbocycles. The number of hydrogen-bond donors (Lipinski definition) is 1. The molecule has 0 fully saturated rings. The van der Waals surface area contributed by atoms with Crippen molar-refractivity contribution < 1.29 is 5.10 Å². The number of aromatic amines is 2. The third-order valence-corrected chi connectivity index (χ3v) is 1.27. The van der Waals surface area contributed by atoms with E-state index in [4.69, 9.17) is 0 Å². The Bertz CT molecular complexity index is 282. The van der Waals surface area contributed by atoms with Gasteiger partial charge in [0.25, 0.3) is 0 Å². The summed E-state index contributed by atoms with van der Waals surface area (Å²) in [4.78, 5) is 2.98. The summed E-state index contributed by atoms with van der Waals surface area (Å²) in [5.41, 5.74) is 0.900. The molecular formula is C6H6N3+. The Morgan fingerprint density at radius 2 is 2.44 bits per heavy atom. The van der Waals surface area contributed by atoms with Crippen LogP contribution in [-0.2, 0) is 0 Å². The van der Waals surface area contributed by atoms with Crippen LogP contribution in [0.1, 0.15) is 0 Å². The molecule has 9 heavy (non-hydrogen) atoms. The van der Waals surface area contributed by atoms with Gasteiger partial charge in [0, 0.05) is 22.7 Å². The molecule has 2 N–H and O–H groups in total. The molecule has 2 aromatic heterocycles. The lowest BCUT2D eigenvalue weighted by Gasteiger charge is -1.75. The van der Waals surface area contributed by atoms with Gasteiger partial charge in [-0.15, -0.1) is 5.10 Å². The number of aromatic nitrogens is 3. The standard InChI is InChI=1S/C6H5N3/c1-3-7-6-5(1)2-4-8-9-6/h1-4H,(H,7,9)/p+1. The van der Waals surface area contributed by atoms with Crippen LogP contribution in [-0.4, -0.2) is 10.1 Å². The Morgan fingerprint density at radius 1 is 1.44 bits per heavy atom. The molecule has 0 unspecified atom stereocenters. The molecule has 0 amide bonds. The summed E-state index contributed by atoms with van der Waals surface area (Å²) >= 11 is 0. The van der Waals surface area contributed by atoms with Crippen LogP contribution in [0.4, 0.5) is 0 Å². The van der Waals surface area contributed by atoms with Gasteiger partial charge in [-0.3, -0.25) is 0 Å². The van der Waals surface area contributed by atoms with Crippen LogP contribution in [0.15, 0.2) is 24.5 Å². The van der Waals surface area contributed by atoms with Gasteiger partial charge in [0.05, 0.1) is 0 Å². The summed E-state index contributed by atoms with van der Waals surface area (Å²) in [6.07, 6.45) is 3.67. The van der Waals surface area contributed by atoms with Crippen molar-refractivity contribution in [3.63, 3.8) is 0 Å². The zero-order valence-electron chi connectivity index (χ0n) is 4.76. The van der Waals surface area contributed by atoms with Gasteiger partial charge in [-0.1, -0.05) is 0 Å². The quantitative estimate of drug-likeness (QED) is 0.536. The third kappa shape index (κ3) is 0.579. The van der Waals surface area contributed by atoms with Crippen molar-refractivity contribution in [2.75, 3.05) is 0 Å². The van der Waals surface area contributed by atoms with E-state index in [2.05, 4.69) is 15.2 Å². The normalized spacial score (nSPS) is 10.2. The minimum absolute atomic E-state index is 0.900. The number of nitrogens with zero attached hydrogens (tertiary/aromatic N) is 1. The number of fused-ring (bicyclic) bond motifs is 1. The minimum Gasteiger partial charge on any atom is -0.341 e. The summed E-state index contributed by atoms with van der Waals surface area (Å²) in [7, 11) is 0. The van der Waals surface area contributed by atoms with E-state index in [1.807, 2.05) is 18.3 Å². The van der Waals surface area contributed by atoms with Crippen molar-refractivity contribution in [1.29, 1.82) is 0 Å². The smallest absolute Gasteiger partial charge is 0.205 e. The topological polar surface area (TPSA) is 42.8 Å². The summed E-state index contributed by atoms with van der Waals surface area (Å²) in [5.74, 6) is 0. The molecule has 0 saturated carbocycles. The molecule has 0 aliphatic heterocycles. The van der Waals surface area contributed by atoms with E-state index in [1.165, 1.54) is 0 Å². The van der Waals surface area contributed by atoms with Gasteiger partial charge in [0.1, 0.15) is 0 Å². The molecule has 3 nitrogen and oxygen atoms in total. The largest absolute Gasteiger partial charge is 0.341 e. The molecule has 2 aromatic rings. The maximum absolute atomic E-state index is 3.96. The third-order valence-electron chi connectivity index (χ3n) is 1.27. The van der Waals surface area contributed by atoms with Crippen LogP contribution < -0.4 is 5.10 Å². The van der Waals surface area contributed by atoms with Crippen LogP contribution in [0.25, 0.3) is 11.0 Å². The molecule has 0 aliphatic rings. The fourth-order valence-corrected chi connectivity index (χ4v) is 0.833. The highest BCUT2D eigenvalue weighted by molar-refractivity contribution is 5.73. The van der Waals surface area contributed by atoms with E-state index in [-0.39, 0.29) is 0 Å². The Morgan fingerprint density at radius 3 is 3.33 bits per heavy atom. The summed E-state index contributed by atoms with van der Waals surface area (Å²) in [5, 5.41) is 7.83. The molecule has 0 bridgehead atoms. The number of rotatable bonds is 0. The maximum Gasteiger partial charge on any atom is 0.205 e. The van der Waals surface area contributed by atoms with E-state index in [9.17, 15) is 0 Å². The van der Waals surface area contributed by atoms with Crippen LogP contribution in [0.2, 0.25) is 0 Å². The highest BCUT2D eigenvalue weighted by Gasteiger charge is 1.93. The van der Waals surface area contributed by atoms with E-state index >= 15 is 0 Å². The monoisotopic (exact) mass is 120 g/mol. The first-order valence-corrected chi connectivity index (χ1v) is 2.77. The fraction of sp³-hybridized carbons (Fsp3) is 0. The van der Waals surface area contributed by atoms with Crippen LogP contribution in [0, 0.1) is 0 Å². The molecular weight excluding hydrogens is 114 g/mol. The highest BCUT2D eigenvalue weighted by atomic mass is 15.1. The zero-order valence-corrected chi connectivity index (χ0v) is 4.76. The predicted octanol–water partition coefficient (Wildman–Crippen LogP) is 0.377. The SMILES string of the molecule is c1cc2cc[nH+]nc2[nH]1. The molecule has 0 atom stereocenters. The molecule has 3 heteroatoms. The first kappa shape index (κ1) is 4.49.